The second-order valence-corrected chi connectivity index (χ2v) is 9.12. The Labute approximate surface area is 183 Å². The number of nitrogens with one attached hydrogen (secondary N) is 2. The molecule has 2 N–H and O–H groups in total. The van der Waals surface area contributed by atoms with Gasteiger partial charge in [-0.2, -0.15) is 0 Å². The van der Waals surface area contributed by atoms with E-state index < -0.39 is 11.7 Å². The molecule has 1 aliphatic carbocycles. The van der Waals surface area contributed by atoms with E-state index in [2.05, 4.69) is 20.6 Å². The monoisotopic (exact) mass is 438 g/mol. The van der Waals surface area contributed by atoms with Crippen LogP contribution in [0.5, 0.6) is 0 Å². The predicted molar refractivity (Wildman–Crippen MR) is 119 cm³/mol. The molecular formula is C23H23FN4O2S. The second kappa shape index (κ2) is 8.55. The number of aromatic nitrogens is 2. The van der Waals surface area contributed by atoms with Gasteiger partial charge >= 0.3 is 0 Å². The van der Waals surface area contributed by atoms with Crippen LogP contribution >= 0.6 is 11.3 Å². The van der Waals surface area contributed by atoms with E-state index in [-0.39, 0.29) is 11.5 Å². The van der Waals surface area contributed by atoms with Crippen molar-refractivity contribution in [2.45, 2.75) is 40.0 Å². The molecule has 8 heteroatoms. The van der Waals surface area contributed by atoms with Crippen LogP contribution in [0.2, 0.25) is 0 Å². The van der Waals surface area contributed by atoms with Crippen molar-refractivity contribution in [3.8, 4) is 0 Å². The molecule has 1 aliphatic rings. The summed E-state index contributed by atoms with van der Waals surface area (Å²) in [4.78, 5) is 34.1. The summed E-state index contributed by atoms with van der Waals surface area (Å²) in [6.07, 6.45) is 5.00. The number of thiazole rings is 1. The fourth-order valence-corrected chi connectivity index (χ4v) is 4.00. The molecule has 2 heterocycles. The molecule has 2 amide bonds. The smallest absolute Gasteiger partial charge is 0.267 e. The zero-order valence-corrected chi connectivity index (χ0v) is 18.4. The van der Waals surface area contributed by atoms with E-state index in [9.17, 15) is 14.0 Å². The van der Waals surface area contributed by atoms with Gasteiger partial charge in [0, 0.05) is 11.4 Å². The number of aryl methyl sites for hydroxylation is 3. The third kappa shape index (κ3) is 4.96. The summed E-state index contributed by atoms with van der Waals surface area (Å²) >= 11 is 1.26. The number of halogens is 1. The molecular weight excluding hydrogens is 415 g/mol. The Morgan fingerprint density at radius 2 is 1.90 bits per heavy atom. The number of hydrogen-bond donors (Lipinski definition) is 2. The van der Waals surface area contributed by atoms with Gasteiger partial charge in [-0.15, -0.1) is 11.3 Å². The Balaban J connectivity index is 1.51. The minimum Gasteiger partial charge on any atom is -0.321 e. The summed E-state index contributed by atoms with van der Waals surface area (Å²) in [6.45, 7) is 5.39. The molecule has 2 aromatic heterocycles. The minimum atomic E-state index is -0.663. The topological polar surface area (TPSA) is 84.0 Å². The molecule has 0 bridgehead atoms. The third-order valence-corrected chi connectivity index (χ3v) is 6.21. The first-order valence-electron chi connectivity index (χ1n) is 10.1. The lowest BCUT2D eigenvalue weighted by atomic mass is 10.1. The number of carbonyl (C=O) groups excluding carboxylic acids is 2. The molecule has 1 fully saturated rings. The first-order valence-corrected chi connectivity index (χ1v) is 10.9. The maximum Gasteiger partial charge on any atom is 0.267 e. The summed E-state index contributed by atoms with van der Waals surface area (Å²) in [6, 6.07) is 6.29. The number of pyridine rings is 1. The number of benzene rings is 1. The van der Waals surface area contributed by atoms with Gasteiger partial charge in [0.2, 0.25) is 0 Å². The molecule has 1 saturated carbocycles. The molecule has 0 saturated heterocycles. The van der Waals surface area contributed by atoms with Gasteiger partial charge in [0.1, 0.15) is 16.5 Å². The van der Waals surface area contributed by atoms with Crippen LogP contribution < -0.4 is 10.6 Å². The molecule has 1 aromatic carbocycles. The first-order chi connectivity index (χ1) is 14.8. The highest BCUT2D eigenvalue weighted by Crippen LogP contribution is 2.33. The first kappa shape index (κ1) is 21.1. The molecule has 6 nitrogen and oxygen atoms in total. The van der Waals surface area contributed by atoms with Crippen LogP contribution in [-0.4, -0.2) is 21.8 Å². The highest BCUT2D eigenvalue weighted by atomic mass is 32.1. The van der Waals surface area contributed by atoms with Crippen molar-refractivity contribution in [3.05, 3.63) is 68.5 Å². The van der Waals surface area contributed by atoms with E-state index in [0.717, 1.165) is 23.0 Å². The zero-order chi connectivity index (χ0) is 22.1. The van der Waals surface area contributed by atoms with Crippen molar-refractivity contribution < 1.29 is 14.0 Å². The molecule has 160 valence electrons. The number of anilines is 2. The maximum absolute atomic E-state index is 14.5. The summed E-state index contributed by atoms with van der Waals surface area (Å²) in [5.74, 6) is -0.528. The third-order valence-electron chi connectivity index (χ3n) is 5.29. The van der Waals surface area contributed by atoms with E-state index in [0.29, 0.717) is 21.9 Å². The Morgan fingerprint density at radius 1 is 1.13 bits per heavy atom. The number of hydrogen-bond acceptors (Lipinski definition) is 5. The van der Waals surface area contributed by atoms with Crippen LogP contribution in [0.25, 0.3) is 0 Å². The van der Waals surface area contributed by atoms with Crippen LogP contribution in [-0.2, 0) is 6.42 Å². The van der Waals surface area contributed by atoms with Crippen LogP contribution in [0.3, 0.4) is 0 Å². The van der Waals surface area contributed by atoms with Crippen LogP contribution in [0.15, 0.2) is 30.5 Å². The van der Waals surface area contributed by atoms with Crippen LogP contribution in [0.4, 0.5) is 15.9 Å². The van der Waals surface area contributed by atoms with E-state index in [1.807, 2.05) is 13.0 Å². The average molecular weight is 439 g/mol. The summed E-state index contributed by atoms with van der Waals surface area (Å²) < 4.78 is 14.5. The van der Waals surface area contributed by atoms with Crippen molar-refractivity contribution in [3.63, 3.8) is 0 Å². The minimum absolute atomic E-state index is 0.164. The Bertz CT molecular complexity index is 1170. The molecule has 0 spiro atoms. The second-order valence-electron chi connectivity index (χ2n) is 7.89. The fraction of sp³-hybridized carbons (Fsp3) is 0.304. The lowest BCUT2D eigenvalue weighted by Gasteiger charge is -2.12. The molecule has 0 unspecified atom stereocenters. The van der Waals surface area contributed by atoms with Gasteiger partial charge in [0.25, 0.3) is 11.8 Å². The van der Waals surface area contributed by atoms with Gasteiger partial charge in [-0.1, -0.05) is 6.07 Å². The van der Waals surface area contributed by atoms with E-state index in [4.69, 9.17) is 0 Å². The molecule has 0 radical (unpaired) electrons. The largest absolute Gasteiger partial charge is 0.321 e. The van der Waals surface area contributed by atoms with Gasteiger partial charge in [0.05, 0.1) is 16.8 Å². The normalized spacial score (nSPS) is 13.2. The summed E-state index contributed by atoms with van der Waals surface area (Å²) in [5.41, 5.74) is 2.75. The van der Waals surface area contributed by atoms with Crippen molar-refractivity contribution in [1.29, 1.82) is 0 Å². The van der Waals surface area contributed by atoms with Gasteiger partial charge in [-0.3, -0.25) is 9.59 Å². The van der Waals surface area contributed by atoms with Gasteiger partial charge < -0.3 is 10.6 Å². The van der Waals surface area contributed by atoms with Gasteiger partial charge in [-0.05, 0) is 75.3 Å². The molecule has 0 aliphatic heterocycles. The average Bonchev–Trinajstić information content (AvgIpc) is 3.43. The molecule has 31 heavy (non-hydrogen) atoms. The number of amides is 2. The van der Waals surface area contributed by atoms with Crippen LogP contribution in [0.1, 0.15) is 54.7 Å². The highest BCUT2D eigenvalue weighted by molar-refractivity contribution is 7.13. The number of rotatable bonds is 6. The lowest BCUT2D eigenvalue weighted by molar-refractivity contribution is 0.101. The SMILES string of the molecule is Cc1ncc(C(=O)Nc2cc(C(=O)Nc3ccc(CC4CC4)c(C)n3)c(F)cc2C)s1. The molecule has 0 atom stereocenters. The maximum atomic E-state index is 14.5. The Hall–Kier alpha value is -3.13. The summed E-state index contributed by atoms with van der Waals surface area (Å²) in [5, 5.41) is 6.17. The van der Waals surface area contributed by atoms with Gasteiger partial charge in [-0.25, -0.2) is 14.4 Å². The van der Waals surface area contributed by atoms with Crippen molar-refractivity contribution >= 4 is 34.7 Å². The van der Waals surface area contributed by atoms with Gasteiger partial charge in [0.15, 0.2) is 0 Å². The van der Waals surface area contributed by atoms with Crippen molar-refractivity contribution in [2.75, 3.05) is 10.6 Å². The highest BCUT2D eigenvalue weighted by Gasteiger charge is 2.23. The molecule has 4 rings (SSSR count). The van der Waals surface area contributed by atoms with E-state index in [1.54, 1.807) is 19.9 Å². The van der Waals surface area contributed by atoms with E-state index >= 15 is 0 Å². The fourth-order valence-electron chi connectivity index (χ4n) is 3.32. The Kier molecular flexibility index (Phi) is 5.82. The standard InChI is InChI=1S/C23H23FN4O2S/c1-12-8-18(24)17(10-19(12)27-23(30)20-11-25-14(3)31-20)22(29)28-21-7-6-16(13(2)26-21)9-15-4-5-15/h6-8,10-11,15H,4-5,9H2,1-3H3,(H,27,30)(H,26,28,29). The quantitative estimate of drug-likeness (QED) is 0.563. The number of carbonyl (C=O) groups is 2. The predicted octanol–water partition coefficient (Wildman–Crippen LogP) is 5.06. The number of nitrogens with zero attached hydrogens (tertiary/aromatic N) is 2. The van der Waals surface area contributed by atoms with Crippen molar-refractivity contribution in [1.82, 2.24) is 9.97 Å². The Morgan fingerprint density at radius 3 is 2.55 bits per heavy atom. The van der Waals surface area contributed by atoms with Crippen LogP contribution in [0, 0.1) is 32.5 Å². The molecule has 3 aromatic rings. The van der Waals surface area contributed by atoms with E-state index in [1.165, 1.54) is 48.1 Å². The zero-order valence-electron chi connectivity index (χ0n) is 17.6. The summed E-state index contributed by atoms with van der Waals surface area (Å²) in [7, 11) is 0. The van der Waals surface area contributed by atoms with Crippen molar-refractivity contribution in [2.24, 2.45) is 5.92 Å². The lowest BCUT2D eigenvalue weighted by Crippen LogP contribution is -2.17.